The predicted octanol–water partition coefficient (Wildman–Crippen LogP) is 8.37. The van der Waals surface area contributed by atoms with Crippen molar-refractivity contribution in [1.29, 1.82) is 5.26 Å². The number of rotatable bonds is 4. The minimum absolute atomic E-state index is 0.587. The highest BCUT2D eigenvalue weighted by molar-refractivity contribution is 5.92. The first kappa shape index (κ1) is 20.7. The smallest absolute Gasteiger partial charge is 0.227 e. The third kappa shape index (κ3) is 3.99. The lowest BCUT2D eigenvalue weighted by Crippen LogP contribution is -1.84. The van der Waals surface area contributed by atoms with E-state index in [9.17, 15) is 0 Å². The zero-order valence-corrected chi connectivity index (χ0v) is 18.8. The van der Waals surface area contributed by atoms with E-state index in [1.54, 1.807) is 0 Å². The van der Waals surface area contributed by atoms with Gasteiger partial charge in [-0.15, -0.1) is 0 Å². The van der Waals surface area contributed by atoms with Crippen LogP contribution in [0.1, 0.15) is 5.56 Å². The lowest BCUT2D eigenvalue weighted by molar-refractivity contribution is 0.620. The number of hydrogen-bond donors (Lipinski definition) is 0. The van der Waals surface area contributed by atoms with Crippen molar-refractivity contribution in [2.24, 2.45) is 0 Å². The van der Waals surface area contributed by atoms with Gasteiger partial charge in [0.05, 0.1) is 11.6 Å². The normalized spacial score (nSPS) is 10.8. The molecule has 0 aliphatic heterocycles. The second-order valence-corrected chi connectivity index (χ2v) is 8.38. The summed E-state index contributed by atoms with van der Waals surface area (Å²) in [4.78, 5) is 4.89. The molecule has 0 spiro atoms. The van der Waals surface area contributed by atoms with Crippen LogP contribution >= 0.6 is 0 Å². The van der Waals surface area contributed by atoms with E-state index >= 15 is 0 Å². The summed E-state index contributed by atoms with van der Waals surface area (Å²) in [6, 6.07) is 42.8. The van der Waals surface area contributed by atoms with Crippen molar-refractivity contribution in [3.8, 4) is 50.9 Å². The third-order valence-corrected chi connectivity index (χ3v) is 6.18. The van der Waals surface area contributed by atoms with Crippen molar-refractivity contribution in [1.82, 2.24) is 4.98 Å². The summed E-state index contributed by atoms with van der Waals surface area (Å²) in [7, 11) is 0. The van der Waals surface area contributed by atoms with Gasteiger partial charge in [0.2, 0.25) is 5.89 Å². The molecular formula is C32H20N2O. The molecule has 0 saturated carbocycles. The van der Waals surface area contributed by atoms with Crippen molar-refractivity contribution < 1.29 is 4.42 Å². The van der Waals surface area contributed by atoms with Crippen LogP contribution in [0.15, 0.2) is 126 Å². The lowest BCUT2D eigenvalue weighted by atomic mass is 10.00. The third-order valence-electron chi connectivity index (χ3n) is 6.18. The Kier molecular flexibility index (Phi) is 5.18. The van der Waals surface area contributed by atoms with Gasteiger partial charge < -0.3 is 4.42 Å². The van der Waals surface area contributed by atoms with Crippen molar-refractivity contribution in [3.05, 3.63) is 127 Å². The van der Waals surface area contributed by atoms with E-state index in [0.29, 0.717) is 11.5 Å². The number of nitrogens with zero attached hydrogens (tertiary/aromatic N) is 2. The fraction of sp³-hybridized carbons (Fsp3) is 0. The topological polar surface area (TPSA) is 49.8 Å². The molecule has 0 radical (unpaired) electrons. The van der Waals surface area contributed by atoms with Crippen molar-refractivity contribution in [3.63, 3.8) is 0 Å². The summed E-state index contributed by atoms with van der Waals surface area (Å²) < 4.78 is 6.18. The number of hydrogen-bond acceptors (Lipinski definition) is 3. The minimum atomic E-state index is 0.587. The maximum absolute atomic E-state index is 9.06. The zero-order chi connectivity index (χ0) is 23.6. The number of nitriles is 1. The minimum Gasteiger partial charge on any atom is -0.436 e. The Morgan fingerprint density at radius 2 is 1.14 bits per heavy atom. The van der Waals surface area contributed by atoms with Crippen LogP contribution in [0.25, 0.3) is 55.9 Å². The van der Waals surface area contributed by atoms with E-state index in [0.717, 1.165) is 38.9 Å². The predicted molar refractivity (Wildman–Crippen MR) is 140 cm³/mol. The quantitative estimate of drug-likeness (QED) is 0.272. The van der Waals surface area contributed by atoms with Crippen molar-refractivity contribution in [2.45, 2.75) is 0 Å². The first-order valence-corrected chi connectivity index (χ1v) is 11.4. The number of aromatic nitrogens is 1. The molecule has 0 bridgehead atoms. The Labute approximate surface area is 203 Å². The molecule has 0 aliphatic carbocycles. The number of para-hydroxylation sites is 1. The summed E-state index contributed by atoms with van der Waals surface area (Å²) in [5.41, 5.74) is 9.77. The fourth-order valence-corrected chi connectivity index (χ4v) is 4.35. The van der Waals surface area contributed by atoms with Gasteiger partial charge in [0.1, 0.15) is 5.52 Å². The van der Waals surface area contributed by atoms with Crippen LogP contribution in [0.5, 0.6) is 0 Å². The lowest BCUT2D eigenvalue weighted by Gasteiger charge is -2.05. The summed E-state index contributed by atoms with van der Waals surface area (Å²) in [6.45, 7) is 0. The second-order valence-electron chi connectivity index (χ2n) is 8.38. The molecule has 0 fully saturated rings. The van der Waals surface area contributed by atoms with Crippen LogP contribution in [0.4, 0.5) is 0 Å². The molecule has 3 heteroatoms. The molecule has 0 aliphatic rings. The van der Waals surface area contributed by atoms with Gasteiger partial charge in [-0.05, 0) is 58.1 Å². The monoisotopic (exact) mass is 448 g/mol. The SMILES string of the molecule is N#Cc1ccc(-c2cccc(-c3nc4c(-c5ccc(-c6ccccc6)cc5)cccc4o3)c2)cc1. The molecule has 6 aromatic rings. The van der Waals surface area contributed by atoms with Gasteiger partial charge in [-0.25, -0.2) is 4.98 Å². The molecule has 0 saturated heterocycles. The first-order valence-electron chi connectivity index (χ1n) is 11.4. The fourth-order valence-electron chi connectivity index (χ4n) is 4.35. The highest BCUT2D eigenvalue weighted by atomic mass is 16.3. The second kappa shape index (κ2) is 8.78. The van der Waals surface area contributed by atoms with Gasteiger partial charge in [-0.3, -0.25) is 0 Å². The molecule has 0 atom stereocenters. The van der Waals surface area contributed by atoms with Crippen LogP contribution in [0, 0.1) is 11.3 Å². The Bertz CT molecular complexity index is 1670. The maximum atomic E-state index is 9.06. The van der Waals surface area contributed by atoms with Crippen LogP contribution in [-0.4, -0.2) is 4.98 Å². The van der Waals surface area contributed by atoms with Crippen LogP contribution < -0.4 is 0 Å². The van der Waals surface area contributed by atoms with E-state index in [1.165, 1.54) is 11.1 Å². The van der Waals surface area contributed by atoms with E-state index < -0.39 is 0 Å². The summed E-state index contributed by atoms with van der Waals surface area (Å²) in [6.07, 6.45) is 0. The Hall–Kier alpha value is -4.94. The average Bonchev–Trinajstić information content (AvgIpc) is 3.39. The van der Waals surface area contributed by atoms with Crippen molar-refractivity contribution in [2.75, 3.05) is 0 Å². The molecule has 3 nitrogen and oxygen atoms in total. The largest absolute Gasteiger partial charge is 0.436 e. The number of oxazole rings is 1. The standard InChI is InChI=1S/C32H20N2O/c33-21-22-12-14-25(15-13-22)27-8-4-9-28(20-27)32-34-31-29(10-5-11-30(31)35-32)26-18-16-24(17-19-26)23-6-2-1-3-7-23/h1-20H. The molecule has 0 N–H and O–H groups in total. The molecule has 1 aromatic heterocycles. The molecule has 5 aromatic carbocycles. The van der Waals surface area contributed by atoms with E-state index in [4.69, 9.17) is 14.7 Å². The Balaban J connectivity index is 1.37. The summed E-state index contributed by atoms with van der Waals surface area (Å²) in [5.74, 6) is 0.587. The van der Waals surface area contributed by atoms with Crippen LogP contribution in [0.2, 0.25) is 0 Å². The highest BCUT2D eigenvalue weighted by Crippen LogP contribution is 2.34. The first-order chi connectivity index (χ1) is 17.3. The molecule has 6 rings (SSSR count). The van der Waals surface area contributed by atoms with Crippen LogP contribution in [0.3, 0.4) is 0 Å². The zero-order valence-electron chi connectivity index (χ0n) is 18.8. The van der Waals surface area contributed by atoms with Gasteiger partial charge in [-0.1, -0.05) is 91.0 Å². The van der Waals surface area contributed by atoms with E-state index in [-0.39, 0.29) is 0 Å². The van der Waals surface area contributed by atoms with E-state index in [1.807, 2.05) is 60.7 Å². The van der Waals surface area contributed by atoms with Crippen LogP contribution in [-0.2, 0) is 0 Å². The van der Waals surface area contributed by atoms with E-state index in [2.05, 4.69) is 66.7 Å². The highest BCUT2D eigenvalue weighted by Gasteiger charge is 2.13. The van der Waals surface area contributed by atoms with Crippen molar-refractivity contribution >= 4 is 11.1 Å². The van der Waals surface area contributed by atoms with Gasteiger partial charge in [-0.2, -0.15) is 5.26 Å². The van der Waals surface area contributed by atoms with Gasteiger partial charge in [0.15, 0.2) is 5.58 Å². The Morgan fingerprint density at radius 1 is 0.543 bits per heavy atom. The molecule has 0 amide bonds. The summed E-state index contributed by atoms with van der Waals surface area (Å²) in [5, 5.41) is 9.06. The molecular weight excluding hydrogens is 428 g/mol. The molecule has 164 valence electrons. The molecule has 0 unspecified atom stereocenters. The van der Waals surface area contributed by atoms with Gasteiger partial charge in [0, 0.05) is 11.1 Å². The van der Waals surface area contributed by atoms with Gasteiger partial charge >= 0.3 is 0 Å². The maximum Gasteiger partial charge on any atom is 0.227 e. The number of fused-ring (bicyclic) bond motifs is 1. The van der Waals surface area contributed by atoms with Gasteiger partial charge in [0.25, 0.3) is 0 Å². The average molecular weight is 449 g/mol. The Morgan fingerprint density at radius 3 is 1.91 bits per heavy atom. The summed E-state index contributed by atoms with van der Waals surface area (Å²) >= 11 is 0. The molecule has 1 heterocycles. The molecule has 35 heavy (non-hydrogen) atoms. The number of benzene rings is 5.